The number of benzene rings is 2. The summed E-state index contributed by atoms with van der Waals surface area (Å²) in [5.74, 6) is 0.598. The summed E-state index contributed by atoms with van der Waals surface area (Å²) >= 11 is 1.63. The van der Waals surface area contributed by atoms with Crippen molar-refractivity contribution in [2.75, 3.05) is 18.8 Å². The van der Waals surface area contributed by atoms with Crippen molar-refractivity contribution in [3.63, 3.8) is 0 Å². The van der Waals surface area contributed by atoms with Crippen molar-refractivity contribution in [3.05, 3.63) is 66.4 Å². The number of imide groups is 1. The highest BCUT2D eigenvalue weighted by Gasteiger charge is 2.27. The van der Waals surface area contributed by atoms with Gasteiger partial charge in [0.25, 0.3) is 0 Å². The van der Waals surface area contributed by atoms with E-state index in [0.717, 1.165) is 27.9 Å². The Bertz CT molecular complexity index is 999. The lowest BCUT2D eigenvalue weighted by molar-refractivity contribution is -0.124. The summed E-state index contributed by atoms with van der Waals surface area (Å²) in [7, 11) is 0. The molecule has 1 aliphatic heterocycles. The first-order valence-electron chi connectivity index (χ1n) is 9.54. The molecule has 1 aliphatic rings. The predicted molar refractivity (Wildman–Crippen MR) is 114 cm³/mol. The highest BCUT2D eigenvalue weighted by atomic mass is 32.2. The number of hydrogen-bond acceptors (Lipinski definition) is 4. The van der Waals surface area contributed by atoms with Gasteiger partial charge in [-0.15, -0.1) is 0 Å². The first-order chi connectivity index (χ1) is 14.1. The molecule has 1 aromatic heterocycles. The van der Waals surface area contributed by atoms with Gasteiger partial charge in [0, 0.05) is 23.5 Å². The molecule has 0 bridgehead atoms. The van der Waals surface area contributed by atoms with Gasteiger partial charge in [-0.1, -0.05) is 59.8 Å². The number of carbonyl (C=O) groups excluding carboxylic acids is 2. The van der Waals surface area contributed by atoms with Crippen molar-refractivity contribution in [1.29, 1.82) is 0 Å². The van der Waals surface area contributed by atoms with Crippen LogP contribution in [0.2, 0.25) is 0 Å². The van der Waals surface area contributed by atoms with Crippen LogP contribution in [0.4, 0.5) is 4.79 Å². The second kappa shape index (κ2) is 8.53. The summed E-state index contributed by atoms with van der Waals surface area (Å²) in [6.07, 6.45) is 2.61. The monoisotopic (exact) mass is 406 g/mol. The Morgan fingerprint density at radius 2 is 1.83 bits per heavy atom. The van der Waals surface area contributed by atoms with Crippen LogP contribution in [-0.4, -0.2) is 45.2 Å². The fourth-order valence-electron chi connectivity index (χ4n) is 3.26. The molecule has 3 amide bonds. The second-order valence-corrected chi connectivity index (χ2v) is 7.93. The van der Waals surface area contributed by atoms with E-state index in [1.54, 1.807) is 11.8 Å². The van der Waals surface area contributed by atoms with E-state index in [1.807, 2.05) is 24.4 Å². The standard InChI is InChI=1S/C22H22N4O2S/c1-16-8-10-18(11-9-16)26-19(17-6-3-2-4-7-17)14-24-22(26)29-13-5-12-25-20(27)15-23-21(25)28/h2-4,6-11,14H,5,12-13,15H2,1H3,(H,23,28). The molecule has 0 spiro atoms. The summed E-state index contributed by atoms with van der Waals surface area (Å²) in [6.45, 7) is 2.60. The average molecular weight is 407 g/mol. The SMILES string of the molecule is Cc1ccc(-n2c(-c3ccccc3)cnc2SCCCN2C(=O)CNC2=O)cc1. The molecular weight excluding hydrogens is 384 g/mol. The molecule has 29 heavy (non-hydrogen) atoms. The molecule has 6 nitrogen and oxygen atoms in total. The third kappa shape index (κ3) is 4.19. The molecule has 2 heterocycles. The first kappa shape index (κ1) is 19.3. The number of urea groups is 1. The highest BCUT2D eigenvalue weighted by Crippen LogP contribution is 2.30. The lowest BCUT2D eigenvalue weighted by Gasteiger charge is -2.14. The Morgan fingerprint density at radius 3 is 2.52 bits per heavy atom. The minimum Gasteiger partial charge on any atom is -0.329 e. The van der Waals surface area contributed by atoms with Crippen molar-refractivity contribution in [1.82, 2.24) is 19.8 Å². The van der Waals surface area contributed by atoms with Crippen LogP contribution in [0.5, 0.6) is 0 Å². The molecule has 0 radical (unpaired) electrons. The van der Waals surface area contributed by atoms with Gasteiger partial charge in [0.05, 0.1) is 18.4 Å². The van der Waals surface area contributed by atoms with Crippen molar-refractivity contribution in [2.24, 2.45) is 0 Å². The van der Waals surface area contributed by atoms with Gasteiger partial charge in [-0.2, -0.15) is 0 Å². The topological polar surface area (TPSA) is 67.2 Å². The normalized spacial score (nSPS) is 13.8. The maximum Gasteiger partial charge on any atom is 0.324 e. The van der Waals surface area contributed by atoms with Gasteiger partial charge in [0.2, 0.25) is 5.91 Å². The summed E-state index contributed by atoms with van der Waals surface area (Å²) < 4.78 is 2.16. The third-order valence-electron chi connectivity index (χ3n) is 4.79. The molecule has 1 saturated heterocycles. The molecule has 0 atom stereocenters. The van der Waals surface area contributed by atoms with Gasteiger partial charge in [-0.25, -0.2) is 9.78 Å². The number of rotatable bonds is 7. The predicted octanol–water partition coefficient (Wildman–Crippen LogP) is 3.88. The number of aromatic nitrogens is 2. The number of imidazole rings is 1. The van der Waals surface area contributed by atoms with E-state index in [9.17, 15) is 9.59 Å². The van der Waals surface area contributed by atoms with Gasteiger partial charge in [0.1, 0.15) is 0 Å². The molecule has 148 valence electrons. The number of carbonyl (C=O) groups is 2. The van der Waals surface area contributed by atoms with Gasteiger partial charge in [-0.3, -0.25) is 14.3 Å². The van der Waals surface area contributed by atoms with Crippen molar-refractivity contribution < 1.29 is 9.59 Å². The lowest BCUT2D eigenvalue weighted by Crippen LogP contribution is -2.32. The molecule has 1 N–H and O–H groups in total. The van der Waals surface area contributed by atoms with Crippen molar-refractivity contribution in [3.8, 4) is 16.9 Å². The van der Waals surface area contributed by atoms with E-state index in [4.69, 9.17) is 0 Å². The van der Waals surface area contributed by atoms with Crippen LogP contribution in [0.3, 0.4) is 0 Å². The van der Waals surface area contributed by atoms with Gasteiger partial charge in [-0.05, 0) is 25.5 Å². The lowest BCUT2D eigenvalue weighted by atomic mass is 10.1. The van der Waals surface area contributed by atoms with Gasteiger partial charge >= 0.3 is 6.03 Å². The zero-order valence-electron chi connectivity index (χ0n) is 16.2. The van der Waals surface area contributed by atoms with Crippen LogP contribution in [-0.2, 0) is 4.79 Å². The molecule has 7 heteroatoms. The van der Waals surface area contributed by atoms with Crippen molar-refractivity contribution in [2.45, 2.75) is 18.5 Å². The Kier molecular flexibility index (Phi) is 5.67. The Labute approximate surface area is 173 Å². The van der Waals surface area contributed by atoms with Crippen LogP contribution in [0.1, 0.15) is 12.0 Å². The van der Waals surface area contributed by atoms with E-state index < -0.39 is 0 Å². The molecule has 2 aromatic carbocycles. The van der Waals surface area contributed by atoms with E-state index >= 15 is 0 Å². The van der Waals surface area contributed by atoms with Crippen LogP contribution in [0.25, 0.3) is 16.9 Å². The quantitative estimate of drug-likeness (QED) is 0.367. The Hall–Kier alpha value is -3.06. The van der Waals surface area contributed by atoms with Crippen LogP contribution < -0.4 is 5.32 Å². The molecule has 1 fully saturated rings. The minimum atomic E-state index is -0.299. The fourth-order valence-corrected chi connectivity index (χ4v) is 4.18. The van der Waals surface area contributed by atoms with E-state index in [-0.39, 0.29) is 18.5 Å². The maximum absolute atomic E-state index is 11.7. The molecule has 0 saturated carbocycles. The van der Waals surface area contributed by atoms with Crippen LogP contribution >= 0.6 is 11.8 Å². The third-order valence-corrected chi connectivity index (χ3v) is 5.82. The van der Waals surface area contributed by atoms with Crippen LogP contribution in [0, 0.1) is 6.92 Å². The zero-order valence-corrected chi connectivity index (χ0v) is 17.0. The average Bonchev–Trinajstić information content (AvgIpc) is 3.30. The molecule has 4 rings (SSSR count). The van der Waals surface area contributed by atoms with E-state index in [1.165, 1.54) is 10.5 Å². The Morgan fingerprint density at radius 1 is 1.07 bits per heavy atom. The smallest absolute Gasteiger partial charge is 0.324 e. The fraction of sp³-hybridized carbons (Fsp3) is 0.227. The number of thioether (sulfide) groups is 1. The summed E-state index contributed by atoms with van der Waals surface area (Å²) in [6, 6.07) is 18.3. The first-order valence-corrected chi connectivity index (χ1v) is 10.5. The van der Waals surface area contributed by atoms with E-state index in [2.05, 4.69) is 58.2 Å². The second-order valence-electron chi connectivity index (χ2n) is 6.87. The molecular formula is C22H22N4O2S. The molecule has 3 aromatic rings. The number of nitrogens with zero attached hydrogens (tertiary/aromatic N) is 3. The molecule has 0 aliphatic carbocycles. The largest absolute Gasteiger partial charge is 0.329 e. The highest BCUT2D eigenvalue weighted by molar-refractivity contribution is 7.99. The van der Waals surface area contributed by atoms with Crippen molar-refractivity contribution >= 4 is 23.7 Å². The number of nitrogens with one attached hydrogen (secondary N) is 1. The number of aryl methyl sites for hydroxylation is 1. The van der Waals surface area contributed by atoms with Crippen LogP contribution in [0.15, 0.2) is 66.0 Å². The Balaban J connectivity index is 1.53. The zero-order chi connectivity index (χ0) is 20.2. The minimum absolute atomic E-state index is 0.101. The molecule has 0 unspecified atom stereocenters. The summed E-state index contributed by atoms with van der Waals surface area (Å²) in [5, 5.41) is 3.44. The van der Waals surface area contributed by atoms with Gasteiger partial charge in [0.15, 0.2) is 5.16 Å². The maximum atomic E-state index is 11.7. The summed E-state index contributed by atoms with van der Waals surface area (Å²) in [4.78, 5) is 29.3. The summed E-state index contributed by atoms with van der Waals surface area (Å²) in [5.41, 5.74) is 4.40. The number of hydrogen-bond donors (Lipinski definition) is 1. The number of amides is 3. The van der Waals surface area contributed by atoms with Gasteiger partial charge < -0.3 is 5.32 Å². The van der Waals surface area contributed by atoms with E-state index in [0.29, 0.717) is 13.0 Å².